The van der Waals surface area contributed by atoms with Crippen LogP contribution in [0.1, 0.15) is 26.3 Å². The molecule has 2 aromatic carbocycles. The average Bonchev–Trinajstić information content (AvgIpc) is 2.80. The lowest BCUT2D eigenvalue weighted by molar-refractivity contribution is -0.144. The number of benzene rings is 2. The summed E-state index contributed by atoms with van der Waals surface area (Å²) in [5.74, 6) is -0.0480. The van der Waals surface area contributed by atoms with E-state index in [1.165, 1.54) is 21.9 Å². The van der Waals surface area contributed by atoms with Gasteiger partial charge in [0.25, 0.3) is 5.56 Å². The number of nitrogens with one attached hydrogen (secondary N) is 1. The second-order valence-electron chi connectivity index (χ2n) is 7.05. The summed E-state index contributed by atoms with van der Waals surface area (Å²) in [6, 6.07) is 15.0. The maximum atomic E-state index is 13.2. The summed E-state index contributed by atoms with van der Waals surface area (Å²) in [6.45, 7) is 6.95. The molecule has 8 heteroatoms. The minimum atomic E-state index is -0.573. The number of ether oxygens (including phenoxy) is 2. The van der Waals surface area contributed by atoms with Crippen LogP contribution in [0, 0.1) is 0 Å². The van der Waals surface area contributed by atoms with E-state index in [2.05, 4.69) is 17.2 Å². The Morgan fingerprint density at radius 3 is 2.41 bits per heavy atom. The van der Waals surface area contributed by atoms with Crippen LogP contribution in [-0.4, -0.2) is 40.7 Å². The van der Waals surface area contributed by atoms with Crippen molar-refractivity contribution in [3.05, 3.63) is 64.4 Å². The summed E-state index contributed by atoms with van der Waals surface area (Å²) in [5, 5.41) is 3.86. The van der Waals surface area contributed by atoms with Crippen molar-refractivity contribution in [3.63, 3.8) is 0 Å². The van der Waals surface area contributed by atoms with Crippen molar-refractivity contribution in [1.82, 2.24) is 9.55 Å². The van der Waals surface area contributed by atoms with Crippen molar-refractivity contribution in [3.8, 4) is 0 Å². The third-order valence-corrected chi connectivity index (χ3v) is 5.82. The maximum absolute atomic E-state index is 13.2. The lowest BCUT2D eigenvalue weighted by Gasteiger charge is -2.20. The molecule has 0 unspecified atom stereocenters. The fraction of sp³-hybridized carbons (Fsp3) is 0.375. The van der Waals surface area contributed by atoms with Crippen LogP contribution in [0.15, 0.2) is 58.5 Å². The molecule has 0 radical (unpaired) electrons. The van der Waals surface area contributed by atoms with E-state index in [-0.39, 0.29) is 23.8 Å². The van der Waals surface area contributed by atoms with Crippen molar-refractivity contribution in [1.29, 1.82) is 0 Å². The first-order valence-electron chi connectivity index (χ1n) is 10.8. The Bertz CT molecular complexity index is 1090. The molecule has 0 spiro atoms. The summed E-state index contributed by atoms with van der Waals surface area (Å²) in [4.78, 5) is 30.4. The predicted octanol–water partition coefficient (Wildman–Crippen LogP) is 4.09. The van der Waals surface area contributed by atoms with Crippen molar-refractivity contribution >= 4 is 34.3 Å². The highest BCUT2D eigenvalue weighted by molar-refractivity contribution is 7.99. The second kappa shape index (κ2) is 11.8. The lowest BCUT2D eigenvalue weighted by Crippen LogP contribution is -2.32. The molecule has 0 aliphatic rings. The molecule has 0 bridgehead atoms. The van der Waals surface area contributed by atoms with Gasteiger partial charge in [0.05, 0.1) is 23.2 Å². The molecule has 0 saturated carbocycles. The van der Waals surface area contributed by atoms with E-state index in [0.29, 0.717) is 29.3 Å². The zero-order valence-electron chi connectivity index (χ0n) is 18.7. The van der Waals surface area contributed by atoms with Gasteiger partial charge in [0.1, 0.15) is 0 Å². The Morgan fingerprint density at radius 1 is 1.06 bits per heavy atom. The number of carbonyl (C=O) groups excluding carboxylic acids is 1. The number of hydrogen-bond acceptors (Lipinski definition) is 6. The molecule has 1 heterocycles. The topological polar surface area (TPSA) is 82.5 Å². The van der Waals surface area contributed by atoms with Gasteiger partial charge >= 0.3 is 0 Å². The first kappa shape index (κ1) is 24.0. The molecule has 3 aromatic rings. The number of rotatable bonds is 11. The first-order valence-corrected chi connectivity index (χ1v) is 11.8. The Balaban J connectivity index is 1.81. The third kappa shape index (κ3) is 6.18. The Kier molecular flexibility index (Phi) is 8.84. The summed E-state index contributed by atoms with van der Waals surface area (Å²) in [7, 11) is 0. The number of aryl methyl sites for hydroxylation is 1. The standard InChI is InChI=1S/C24H29N3O4S/c1-4-17-11-13-18(14-12-17)25-21(28)16-32-24-26-20-10-8-7-9-19(20)23(29)27(24)15-22(30-5-2)31-6-3/h7-14,22H,4-6,15-16H2,1-3H3,(H,25,28). The van der Waals surface area contributed by atoms with Crippen LogP contribution in [0.25, 0.3) is 10.9 Å². The summed E-state index contributed by atoms with van der Waals surface area (Å²) < 4.78 is 12.8. The van der Waals surface area contributed by atoms with Crippen molar-refractivity contribution < 1.29 is 14.3 Å². The number of anilines is 1. The number of amides is 1. The zero-order chi connectivity index (χ0) is 22.9. The van der Waals surface area contributed by atoms with E-state index in [0.717, 1.165) is 12.1 Å². The summed E-state index contributed by atoms with van der Waals surface area (Å²) in [5.41, 5.74) is 2.36. The summed E-state index contributed by atoms with van der Waals surface area (Å²) in [6.07, 6.45) is 0.371. The van der Waals surface area contributed by atoms with Crippen LogP contribution in [0.2, 0.25) is 0 Å². The fourth-order valence-electron chi connectivity index (χ4n) is 3.24. The van der Waals surface area contributed by atoms with Crippen molar-refractivity contribution in [2.24, 2.45) is 0 Å². The van der Waals surface area contributed by atoms with Gasteiger partial charge in [-0.05, 0) is 50.1 Å². The normalized spacial score (nSPS) is 11.2. The van der Waals surface area contributed by atoms with E-state index in [1.54, 1.807) is 12.1 Å². The van der Waals surface area contributed by atoms with Gasteiger partial charge in [-0.3, -0.25) is 14.2 Å². The number of para-hydroxylation sites is 1. The lowest BCUT2D eigenvalue weighted by atomic mass is 10.1. The van der Waals surface area contributed by atoms with Gasteiger partial charge in [0.15, 0.2) is 11.4 Å². The van der Waals surface area contributed by atoms with E-state index in [4.69, 9.17) is 9.47 Å². The number of nitrogens with zero attached hydrogens (tertiary/aromatic N) is 2. The SMILES string of the molecule is CCOC(Cn1c(SCC(=O)Nc2ccc(CC)cc2)nc2ccccc2c1=O)OCC. The van der Waals surface area contributed by atoms with Crippen LogP contribution >= 0.6 is 11.8 Å². The molecule has 1 aromatic heterocycles. The molecule has 3 rings (SSSR count). The highest BCUT2D eigenvalue weighted by atomic mass is 32.2. The van der Waals surface area contributed by atoms with Gasteiger partial charge in [-0.25, -0.2) is 4.98 Å². The highest BCUT2D eigenvalue weighted by Crippen LogP contribution is 2.19. The molecule has 0 atom stereocenters. The maximum Gasteiger partial charge on any atom is 0.262 e. The van der Waals surface area contributed by atoms with E-state index < -0.39 is 6.29 Å². The molecule has 0 aliphatic heterocycles. The molecule has 7 nitrogen and oxygen atoms in total. The Hall–Kier alpha value is -2.68. The highest BCUT2D eigenvalue weighted by Gasteiger charge is 2.18. The third-order valence-electron chi connectivity index (χ3n) is 4.84. The second-order valence-corrected chi connectivity index (χ2v) is 8.00. The molecule has 0 saturated heterocycles. The molecule has 32 heavy (non-hydrogen) atoms. The Labute approximate surface area is 192 Å². The largest absolute Gasteiger partial charge is 0.351 e. The van der Waals surface area contributed by atoms with Gasteiger partial charge in [-0.2, -0.15) is 0 Å². The minimum Gasteiger partial charge on any atom is -0.351 e. The quantitative estimate of drug-likeness (QED) is 0.266. The predicted molar refractivity (Wildman–Crippen MR) is 128 cm³/mol. The molecule has 0 aliphatic carbocycles. The van der Waals surface area contributed by atoms with Gasteiger partial charge < -0.3 is 14.8 Å². The van der Waals surface area contributed by atoms with Crippen LogP contribution in [0.4, 0.5) is 5.69 Å². The molecule has 170 valence electrons. The summed E-state index contributed by atoms with van der Waals surface area (Å²) >= 11 is 1.22. The van der Waals surface area contributed by atoms with Gasteiger partial charge in [0.2, 0.25) is 5.91 Å². The molecule has 1 N–H and O–H groups in total. The fourth-order valence-corrected chi connectivity index (χ4v) is 4.05. The number of fused-ring (bicyclic) bond motifs is 1. The van der Waals surface area contributed by atoms with Crippen molar-refractivity contribution in [2.45, 2.75) is 45.2 Å². The average molecular weight is 456 g/mol. The smallest absolute Gasteiger partial charge is 0.262 e. The first-order chi connectivity index (χ1) is 15.5. The van der Waals surface area contributed by atoms with E-state index in [1.807, 2.05) is 50.2 Å². The molecule has 1 amide bonds. The van der Waals surface area contributed by atoms with Crippen LogP contribution in [-0.2, 0) is 27.2 Å². The number of hydrogen-bond donors (Lipinski definition) is 1. The molecular formula is C24H29N3O4S. The van der Waals surface area contributed by atoms with E-state index in [9.17, 15) is 9.59 Å². The zero-order valence-corrected chi connectivity index (χ0v) is 19.5. The van der Waals surface area contributed by atoms with Gasteiger partial charge in [-0.15, -0.1) is 0 Å². The van der Waals surface area contributed by atoms with E-state index >= 15 is 0 Å². The monoisotopic (exact) mass is 455 g/mol. The van der Waals surface area contributed by atoms with Crippen LogP contribution in [0.3, 0.4) is 0 Å². The van der Waals surface area contributed by atoms with Crippen LogP contribution in [0.5, 0.6) is 0 Å². The number of thioether (sulfide) groups is 1. The van der Waals surface area contributed by atoms with Crippen LogP contribution < -0.4 is 10.9 Å². The number of aromatic nitrogens is 2. The Morgan fingerprint density at radius 2 is 1.75 bits per heavy atom. The number of carbonyl (C=O) groups is 1. The van der Waals surface area contributed by atoms with Crippen molar-refractivity contribution in [2.75, 3.05) is 24.3 Å². The van der Waals surface area contributed by atoms with Gasteiger partial charge in [0, 0.05) is 18.9 Å². The molecular weight excluding hydrogens is 426 g/mol. The van der Waals surface area contributed by atoms with Gasteiger partial charge in [-0.1, -0.05) is 43.0 Å². The molecule has 0 fully saturated rings. The minimum absolute atomic E-state index is 0.119.